The second-order valence-electron chi connectivity index (χ2n) is 5.98. The molecule has 0 aliphatic carbocycles. The molecule has 1 heterocycles. The Morgan fingerprint density at radius 2 is 1.61 bits per heavy atom. The van der Waals surface area contributed by atoms with Crippen molar-refractivity contribution in [2.24, 2.45) is 5.14 Å². The molecule has 144 valence electrons. The molecule has 0 atom stereocenters. The minimum atomic E-state index is -3.79. The topological polar surface area (TPSA) is 114 Å². The van der Waals surface area contributed by atoms with Gasteiger partial charge in [-0.3, -0.25) is 4.98 Å². The van der Waals surface area contributed by atoms with Crippen LogP contribution in [0, 0.1) is 12.7 Å². The third-order valence-corrected chi connectivity index (χ3v) is 4.84. The van der Waals surface area contributed by atoms with Crippen molar-refractivity contribution < 1.29 is 17.6 Å². The lowest BCUT2D eigenvalue weighted by Gasteiger charge is -2.11. The molecule has 2 aromatic carbocycles. The van der Waals surface area contributed by atoms with Crippen molar-refractivity contribution in [2.75, 3.05) is 10.6 Å². The van der Waals surface area contributed by atoms with Gasteiger partial charge in [0.1, 0.15) is 5.82 Å². The van der Waals surface area contributed by atoms with Crippen LogP contribution in [0.1, 0.15) is 5.69 Å². The summed E-state index contributed by atoms with van der Waals surface area (Å²) in [6, 6.07) is 14.3. The number of hydrogen-bond donors (Lipinski definition) is 3. The highest BCUT2D eigenvalue weighted by Gasteiger charge is 2.10. The van der Waals surface area contributed by atoms with Crippen LogP contribution in [0.5, 0.6) is 0 Å². The van der Waals surface area contributed by atoms with E-state index in [9.17, 15) is 17.6 Å². The van der Waals surface area contributed by atoms with E-state index < -0.39 is 16.1 Å². The Balaban J connectivity index is 1.69. The number of benzene rings is 2. The summed E-state index contributed by atoms with van der Waals surface area (Å²) in [7, 11) is -3.79. The summed E-state index contributed by atoms with van der Waals surface area (Å²) in [4.78, 5) is 16.6. The van der Waals surface area contributed by atoms with Crippen LogP contribution in [-0.4, -0.2) is 19.4 Å². The van der Waals surface area contributed by atoms with Crippen LogP contribution < -0.4 is 15.8 Å². The maximum Gasteiger partial charge on any atom is 0.323 e. The zero-order valence-corrected chi connectivity index (χ0v) is 15.6. The number of aryl methyl sites for hydroxylation is 1. The number of urea groups is 1. The van der Waals surface area contributed by atoms with Gasteiger partial charge in [-0.1, -0.05) is 0 Å². The summed E-state index contributed by atoms with van der Waals surface area (Å²) in [5.74, 6) is -0.326. The molecule has 0 radical (unpaired) electrons. The first kappa shape index (κ1) is 19.5. The van der Waals surface area contributed by atoms with Crippen molar-refractivity contribution in [1.29, 1.82) is 0 Å². The molecule has 0 saturated heterocycles. The Kier molecular flexibility index (Phi) is 5.39. The number of amides is 2. The smallest absolute Gasteiger partial charge is 0.308 e. The fourth-order valence-electron chi connectivity index (χ4n) is 2.49. The second kappa shape index (κ2) is 7.75. The first-order valence-electron chi connectivity index (χ1n) is 8.17. The Bertz CT molecular complexity index is 1110. The number of pyridine rings is 1. The van der Waals surface area contributed by atoms with Crippen LogP contribution in [0.3, 0.4) is 0 Å². The minimum Gasteiger partial charge on any atom is -0.308 e. The first-order valence-corrected chi connectivity index (χ1v) is 9.71. The summed E-state index contributed by atoms with van der Waals surface area (Å²) in [6.07, 6.45) is 0. The number of sulfonamides is 1. The van der Waals surface area contributed by atoms with E-state index in [2.05, 4.69) is 15.6 Å². The van der Waals surface area contributed by atoms with Crippen molar-refractivity contribution >= 4 is 27.4 Å². The van der Waals surface area contributed by atoms with Crippen LogP contribution in [0.4, 0.5) is 20.6 Å². The van der Waals surface area contributed by atoms with Crippen molar-refractivity contribution in [2.45, 2.75) is 11.8 Å². The number of carbonyl (C=O) groups is 1. The van der Waals surface area contributed by atoms with Gasteiger partial charge in [0.25, 0.3) is 0 Å². The lowest BCUT2D eigenvalue weighted by molar-refractivity contribution is 0.262. The lowest BCUT2D eigenvalue weighted by atomic mass is 10.1. The fraction of sp³-hybridized carbons (Fsp3) is 0.0526. The summed E-state index contributed by atoms with van der Waals surface area (Å²) in [5, 5.41) is 10.3. The highest BCUT2D eigenvalue weighted by atomic mass is 32.2. The number of rotatable bonds is 4. The standard InChI is InChI=1S/C19H17FN4O3S/c1-12-17(10-11-18(22-12)13-2-4-14(20)5-3-13)24-19(25)23-15-6-8-16(9-7-15)28(21,26)27/h2-11H,1H3,(H2,21,26,27)(H2,23,24,25). The maximum absolute atomic E-state index is 13.0. The SMILES string of the molecule is Cc1nc(-c2ccc(F)cc2)ccc1NC(=O)Nc1ccc(S(N)(=O)=O)cc1. The van der Waals surface area contributed by atoms with Crippen molar-refractivity contribution in [3.63, 3.8) is 0 Å². The number of halogens is 1. The predicted molar refractivity (Wildman–Crippen MR) is 105 cm³/mol. The Hall–Kier alpha value is -3.30. The first-order chi connectivity index (χ1) is 13.2. The van der Waals surface area contributed by atoms with Gasteiger partial charge in [0, 0.05) is 11.3 Å². The number of aromatic nitrogens is 1. The van der Waals surface area contributed by atoms with Gasteiger partial charge in [-0.05, 0) is 67.6 Å². The molecule has 0 aliphatic rings. The normalized spacial score (nSPS) is 11.1. The van der Waals surface area contributed by atoms with Crippen LogP contribution in [0.25, 0.3) is 11.3 Å². The molecule has 0 fully saturated rings. The molecule has 3 aromatic rings. The van der Waals surface area contributed by atoms with E-state index in [0.717, 1.165) is 5.56 Å². The molecule has 1 aromatic heterocycles. The van der Waals surface area contributed by atoms with Gasteiger partial charge in [0.2, 0.25) is 10.0 Å². The van der Waals surface area contributed by atoms with Crippen molar-refractivity contribution in [3.05, 3.63) is 72.2 Å². The summed E-state index contributed by atoms with van der Waals surface area (Å²) in [6.45, 7) is 1.74. The number of nitrogens with zero attached hydrogens (tertiary/aromatic N) is 1. The monoisotopic (exact) mass is 400 g/mol. The predicted octanol–water partition coefficient (Wildman–Crippen LogP) is 3.49. The van der Waals surface area contributed by atoms with E-state index in [1.54, 1.807) is 31.2 Å². The third kappa shape index (κ3) is 4.70. The highest BCUT2D eigenvalue weighted by molar-refractivity contribution is 7.89. The lowest BCUT2D eigenvalue weighted by Crippen LogP contribution is -2.20. The van der Waals surface area contributed by atoms with E-state index in [1.165, 1.54) is 36.4 Å². The zero-order chi connectivity index (χ0) is 20.3. The summed E-state index contributed by atoms with van der Waals surface area (Å²) in [5.41, 5.74) is 2.90. The molecular formula is C19H17FN4O3S. The molecule has 2 amide bonds. The Labute approximate surface area is 161 Å². The van der Waals surface area contributed by atoms with Crippen LogP contribution in [0.2, 0.25) is 0 Å². The average molecular weight is 400 g/mol. The summed E-state index contributed by atoms with van der Waals surface area (Å²) < 4.78 is 35.5. The van der Waals surface area contributed by atoms with E-state index in [0.29, 0.717) is 22.8 Å². The number of hydrogen-bond acceptors (Lipinski definition) is 4. The zero-order valence-electron chi connectivity index (χ0n) is 14.8. The number of nitrogens with two attached hydrogens (primary N) is 1. The number of carbonyl (C=O) groups excluding carboxylic acids is 1. The van der Waals surface area contributed by atoms with Crippen LogP contribution >= 0.6 is 0 Å². The van der Waals surface area contributed by atoms with E-state index >= 15 is 0 Å². The van der Waals surface area contributed by atoms with Crippen molar-refractivity contribution in [3.8, 4) is 11.3 Å². The molecule has 28 heavy (non-hydrogen) atoms. The van der Waals surface area contributed by atoms with Crippen molar-refractivity contribution in [1.82, 2.24) is 4.98 Å². The molecule has 0 spiro atoms. The van der Waals surface area contributed by atoms with E-state index in [1.807, 2.05) is 0 Å². The quantitative estimate of drug-likeness (QED) is 0.622. The molecule has 4 N–H and O–H groups in total. The molecule has 0 bridgehead atoms. The van der Waals surface area contributed by atoms with E-state index in [4.69, 9.17) is 5.14 Å². The minimum absolute atomic E-state index is 0.0464. The summed E-state index contributed by atoms with van der Waals surface area (Å²) >= 11 is 0. The molecule has 7 nitrogen and oxygen atoms in total. The second-order valence-corrected chi connectivity index (χ2v) is 7.55. The maximum atomic E-state index is 13.0. The van der Waals surface area contributed by atoms with Crippen LogP contribution in [-0.2, 0) is 10.0 Å². The van der Waals surface area contributed by atoms with Gasteiger partial charge < -0.3 is 10.6 Å². The van der Waals surface area contributed by atoms with Crippen LogP contribution in [0.15, 0.2) is 65.6 Å². The molecule has 3 rings (SSSR count). The third-order valence-electron chi connectivity index (χ3n) is 3.91. The fourth-order valence-corrected chi connectivity index (χ4v) is 3.00. The molecule has 0 aliphatic heterocycles. The largest absolute Gasteiger partial charge is 0.323 e. The molecule has 0 unspecified atom stereocenters. The van der Waals surface area contributed by atoms with Gasteiger partial charge in [0.05, 0.1) is 22.0 Å². The average Bonchev–Trinajstić information content (AvgIpc) is 2.64. The molecular weight excluding hydrogens is 383 g/mol. The van der Waals surface area contributed by atoms with E-state index in [-0.39, 0.29) is 10.7 Å². The van der Waals surface area contributed by atoms with Gasteiger partial charge in [-0.15, -0.1) is 0 Å². The number of primary sulfonamides is 1. The number of anilines is 2. The number of nitrogens with one attached hydrogen (secondary N) is 2. The van der Waals surface area contributed by atoms with Gasteiger partial charge in [-0.2, -0.15) is 0 Å². The Morgan fingerprint density at radius 1 is 0.964 bits per heavy atom. The molecule has 0 saturated carbocycles. The van der Waals surface area contributed by atoms with Gasteiger partial charge >= 0.3 is 6.03 Å². The van der Waals surface area contributed by atoms with Gasteiger partial charge in [0.15, 0.2) is 0 Å². The van der Waals surface area contributed by atoms with Gasteiger partial charge in [-0.25, -0.2) is 22.7 Å². The molecule has 9 heteroatoms. The highest BCUT2D eigenvalue weighted by Crippen LogP contribution is 2.22. The Morgan fingerprint density at radius 3 is 2.18 bits per heavy atom.